The summed E-state index contributed by atoms with van der Waals surface area (Å²) in [6, 6.07) is 10.1. The van der Waals surface area contributed by atoms with Crippen LogP contribution in [0.4, 0.5) is 13.9 Å². The van der Waals surface area contributed by atoms with E-state index in [9.17, 15) is 13.6 Å². The van der Waals surface area contributed by atoms with Gasteiger partial charge in [-0.3, -0.25) is 10.1 Å². The Labute approximate surface area is 170 Å². The molecule has 0 radical (unpaired) electrons. The van der Waals surface area contributed by atoms with Gasteiger partial charge in [-0.15, -0.1) is 10.2 Å². The fourth-order valence-electron chi connectivity index (χ4n) is 1.94. The van der Waals surface area contributed by atoms with E-state index in [2.05, 4.69) is 31.4 Å². The number of halogens is 3. The van der Waals surface area contributed by atoms with Gasteiger partial charge < -0.3 is 4.74 Å². The number of nitrogens with one attached hydrogen (secondary N) is 1. The Bertz CT molecular complexity index is 938. The van der Waals surface area contributed by atoms with Crippen LogP contribution in [0.3, 0.4) is 0 Å². The van der Waals surface area contributed by atoms with Gasteiger partial charge in [0, 0.05) is 5.75 Å². The van der Waals surface area contributed by atoms with Crippen molar-refractivity contribution in [1.82, 2.24) is 10.2 Å². The Balaban J connectivity index is 1.48. The second kappa shape index (κ2) is 9.25. The minimum absolute atomic E-state index is 0.248. The van der Waals surface area contributed by atoms with Crippen LogP contribution in [0, 0.1) is 11.6 Å². The van der Waals surface area contributed by atoms with Gasteiger partial charge in [0.15, 0.2) is 10.9 Å². The molecule has 1 amide bonds. The van der Waals surface area contributed by atoms with Crippen molar-refractivity contribution in [3.05, 3.63) is 64.1 Å². The van der Waals surface area contributed by atoms with Crippen LogP contribution < -0.4 is 10.1 Å². The molecule has 1 N–H and O–H groups in total. The van der Waals surface area contributed by atoms with E-state index in [0.29, 0.717) is 25.4 Å². The van der Waals surface area contributed by atoms with Crippen LogP contribution in [0.1, 0.15) is 5.56 Å². The quantitative estimate of drug-likeness (QED) is 0.392. The molecule has 10 heteroatoms. The fraction of sp³-hybridized carbons (Fsp3) is 0.118. The highest BCUT2D eigenvalue weighted by atomic mass is 79.9. The van der Waals surface area contributed by atoms with E-state index in [4.69, 9.17) is 4.74 Å². The molecule has 0 aliphatic rings. The maximum Gasteiger partial charge on any atom is 0.264 e. The van der Waals surface area contributed by atoms with Gasteiger partial charge in [-0.1, -0.05) is 35.2 Å². The van der Waals surface area contributed by atoms with Crippen LogP contribution in [-0.2, 0) is 10.5 Å². The summed E-state index contributed by atoms with van der Waals surface area (Å²) in [5.74, 6) is -0.112. The second-order valence-electron chi connectivity index (χ2n) is 5.20. The third-order valence-corrected chi connectivity index (χ3v) is 5.84. The van der Waals surface area contributed by atoms with Crippen molar-refractivity contribution in [1.29, 1.82) is 0 Å². The summed E-state index contributed by atoms with van der Waals surface area (Å²) in [7, 11) is 0. The van der Waals surface area contributed by atoms with Gasteiger partial charge >= 0.3 is 0 Å². The van der Waals surface area contributed by atoms with Gasteiger partial charge in [0.2, 0.25) is 5.13 Å². The van der Waals surface area contributed by atoms with E-state index >= 15 is 0 Å². The predicted octanol–water partition coefficient (Wildman–Crippen LogP) is 4.89. The summed E-state index contributed by atoms with van der Waals surface area (Å²) < 4.78 is 32.4. The SMILES string of the molecule is O=C(COc1ccc(F)cc1Br)Nc1nnc(SCc2ccc(F)cc2)s1. The lowest BCUT2D eigenvalue weighted by atomic mass is 10.2. The van der Waals surface area contributed by atoms with E-state index in [1.807, 2.05) is 0 Å². The third-order valence-electron chi connectivity index (χ3n) is 3.18. The first kappa shape index (κ1) is 19.7. The summed E-state index contributed by atoms with van der Waals surface area (Å²) >= 11 is 5.84. The Kier molecular flexibility index (Phi) is 6.75. The average molecular weight is 472 g/mol. The van der Waals surface area contributed by atoms with Gasteiger partial charge in [-0.2, -0.15) is 0 Å². The molecule has 0 unspecified atom stereocenters. The van der Waals surface area contributed by atoms with E-state index in [-0.39, 0.29) is 12.4 Å². The highest BCUT2D eigenvalue weighted by Crippen LogP contribution is 2.28. The smallest absolute Gasteiger partial charge is 0.264 e. The van der Waals surface area contributed by atoms with Crippen LogP contribution >= 0.6 is 39.0 Å². The molecule has 0 atom stereocenters. The Morgan fingerprint density at radius 2 is 1.89 bits per heavy atom. The lowest BCUT2D eigenvalue weighted by molar-refractivity contribution is -0.118. The van der Waals surface area contributed by atoms with E-state index in [0.717, 1.165) is 5.56 Å². The number of rotatable bonds is 7. The van der Waals surface area contributed by atoms with Gasteiger partial charge in [0.05, 0.1) is 4.47 Å². The van der Waals surface area contributed by atoms with Crippen LogP contribution in [0.25, 0.3) is 0 Å². The molecule has 0 bridgehead atoms. The second-order valence-corrected chi connectivity index (χ2v) is 8.25. The van der Waals surface area contributed by atoms with Crippen molar-refractivity contribution in [3.63, 3.8) is 0 Å². The summed E-state index contributed by atoms with van der Waals surface area (Å²) in [6.45, 7) is -0.248. The number of anilines is 1. The maximum atomic E-state index is 13.0. The number of benzene rings is 2. The molecule has 0 saturated heterocycles. The number of thioether (sulfide) groups is 1. The number of hydrogen-bond donors (Lipinski definition) is 1. The van der Waals surface area contributed by atoms with E-state index < -0.39 is 11.7 Å². The van der Waals surface area contributed by atoms with E-state index in [1.165, 1.54) is 53.4 Å². The molecule has 1 heterocycles. The molecule has 140 valence electrons. The maximum absolute atomic E-state index is 13.0. The van der Waals surface area contributed by atoms with Crippen LogP contribution in [0.5, 0.6) is 5.75 Å². The topological polar surface area (TPSA) is 64.1 Å². The fourth-order valence-corrected chi connectivity index (χ4v) is 4.12. The van der Waals surface area contributed by atoms with Gasteiger partial charge in [0.1, 0.15) is 17.4 Å². The molecule has 2 aromatic carbocycles. The number of nitrogens with zero attached hydrogens (tertiary/aromatic N) is 2. The van der Waals surface area contributed by atoms with Crippen molar-refractivity contribution in [3.8, 4) is 5.75 Å². The normalized spacial score (nSPS) is 10.6. The largest absolute Gasteiger partial charge is 0.483 e. The minimum atomic E-state index is -0.405. The first-order valence-electron chi connectivity index (χ1n) is 7.58. The zero-order valence-electron chi connectivity index (χ0n) is 13.6. The van der Waals surface area contributed by atoms with Gasteiger partial charge in [-0.25, -0.2) is 8.78 Å². The van der Waals surface area contributed by atoms with Crippen molar-refractivity contribution < 1.29 is 18.3 Å². The molecule has 0 fully saturated rings. The van der Waals surface area contributed by atoms with Crippen LogP contribution in [0.15, 0.2) is 51.3 Å². The van der Waals surface area contributed by atoms with Crippen LogP contribution in [-0.4, -0.2) is 22.7 Å². The molecule has 3 aromatic rings. The monoisotopic (exact) mass is 471 g/mol. The molecule has 5 nitrogen and oxygen atoms in total. The van der Waals surface area contributed by atoms with E-state index in [1.54, 1.807) is 12.1 Å². The molecule has 0 aliphatic heterocycles. The highest BCUT2D eigenvalue weighted by molar-refractivity contribution is 9.10. The standard InChI is InChI=1S/C17H12BrF2N3O2S2/c18-13-7-12(20)5-6-14(13)25-8-15(24)21-16-22-23-17(27-16)26-9-10-1-3-11(19)4-2-10/h1-7H,8-9H2,(H,21,22,24). The lowest BCUT2D eigenvalue weighted by Gasteiger charge is -2.07. The van der Waals surface area contributed by atoms with Crippen LogP contribution in [0.2, 0.25) is 0 Å². The summed E-state index contributed by atoms with van der Waals surface area (Å²) in [5.41, 5.74) is 0.959. The number of amides is 1. The number of carbonyl (C=O) groups excluding carboxylic acids is 1. The third kappa shape index (κ3) is 5.98. The molecular weight excluding hydrogens is 460 g/mol. The van der Waals surface area contributed by atoms with Gasteiger partial charge in [0.25, 0.3) is 5.91 Å². The molecule has 0 aliphatic carbocycles. The molecular formula is C17H12BrF2N3O2S2. The zero-order chi connectivity index (χ0) is 19.2. The average Bonchev–Trinajstić information content (AvgIpc) is 3.08. The number of carbonyl (C=O) groups is 1. The first-order chi connectivity index (χ1) is 13.0. The summed E-state index contributed by atoms with van der Waals surface area (Å²) in [5, 5.41) is 10.9. The predicted molar refractivity (Wildman–Crippen MR) is 104 cm³/mol. The Morgan fingerprint density at radius 1 is 1.15 bits per heavy atom. The van der Waals surface area contributed by atoms with Crippen molar-refractivity contribution >= 4 is 50.1 Å². The number of aromatic nitrogens is 2. The first-order valence-corrected chi connectivity index (χ1v) is 10.2. The molecule has 3 rings (SSSR count). The van der Waals surface area contributed by atoms with Gasteiger partial charge in [-0.05, 0) is 51.8 Å². The summed E-state index contributed by atoms with van der Waals surface area (Å²) in [4.78, 5) is 12.0. The Morgan fingerprint density at radius 3 is 2.63 bits per heavy atom. The molecule has 27 heavy (non-hydrogen) atoms. The number of hydrogen-bond acceptors (Lipinski definition) is 6. The highest BCUT2D eigenvalue weighted by Gasteiger charge is 2.11. The lowest BCUT2D eigenvalue weighted by Crippen LogP contribution is -2.20. The molecule has 0 saturated carbocycles. The molecule has 1 aromatic heterocycles. The number of ether oxygens (including phenoxy) is 1. The summed E-state index contributed by atoms with van der Waals surface area (Å²) in [6.07, 6.45) is 0. The van der Waals surface area contributed by atoms with Crippen molar-refractivity contribution in [2.45, 2.75) is 10.1 Å². The molecule has 0 spiro atoms. The zero-order valence-corrected chi connectivity index (χ0v) is 16.8. The minimum Gasteiger partial charge on any atom is -0.483 e. The van der Waals surface area contributed by atoms with Crippen molar-refractivity contribution in [2.24, 2.45) is 0 Å². The Hall–Kier alpha value is -2.04. The van der Waals surface area contributed by atoms with Crippen molar-refractivity contribution in [2.75, 3.05) is 11.9 Å².